The third kappa shape index (κ3) is 7.23. The van der Waals surface area contributed by atoms with Crippen molar-refractivity contribution >= 4 is 47.0 Å². The van der Waals surface area contributed by atoms with E-state index in [-0.39, 0.29) is 64.6 Å². The van der Waals surface area contributed by atoms with Gasteiger partial charge in [0.1, 0.15) is 43.5 Å². The van der Waals surface area contributed by atoms with Gasteiger partial charge in [-0.1, -0.05) is 42.5 Å². The van der Waals surface area contributed by atoms with Crippen LogP contribution in [0, 0.1) is 5.41 Å². The lowest BCUT2D eigenvalue weighted by atomic mass is 9.77. The Bertz CT molecular complexity index is 2420. The van der Waals surface area contributed by atoms with Gasteiger partial charge >= 0.3 is 0 Å². The van der Waals surface area contributed by atoms with Crippen molar-refractivity contribution in [3.8, 4) is 11.5 Å². The fourth-order valence-corrected chi connectivity index (χ4v) is 8.38. The van der Waals surface area contributed by atoms with Gasteiger partial charge in [-0.15, -0.1) is 0 Å². The highest BCUT2D eigenvalue weighted by atomic mass is 16.7. The molecular weight excluding hydrogens is 798 g/mol. The fraction of sp³-hybridized carbons (Fsp3) is 0.357. The number of carbonyl (C=O) groups is 4. The zero-order valence-electron chi connectivity index (χ0n) is 32.3. The van der Waals surface area contributed by atoms with Crippen molar-refractivity contribution in [1.29, 1.82) is 5.41 Å². The Morgan fingerprint density at radius 2 is 1.75 bits per heavy atom. The van der Waals surface area contributed by atoms with Crippen molar-refractivity contribution in [1.82, 2.24) is 5.32 Å². The molecule has 0 saturated carbocycles. The maximum absolute atomic E-state index is 14.6. The van der Waals surface area contributed by atoms with Gasteiger partial charge in [-0.2, -0.15) is 4.99 Å². The second-order valence-electron chi connectivity index (χ2n) is 15.1. The quantitative estimate of drug-likeness (QED) is 0.0782. The highest BCUT2D eigenvalue weighted by Gasteiger charge is 2.57. The summed E-state index contributed by atoms with van der Waals surface area (Å²) in [5, 5.41) is 76.7. The topological polar surface area (TPSA) is 292 Å². The van der Waals surface area contributed by atoms with E-state index in [1.165, 1.54) is 24.5 Å². The molecule has 5 aliphatic rings. The first-order chi connectivity index (χ1) is 29.4. The van der Waals surface area contributed by atoms with Gasteiger partial charge in [0.2, 0.25) is 18.0 Å². The van der Waals surface area contributed by atoms with Crippen molar-refractivity contribution in [3.63, 3.8) is 0 Å². The van der Waals surface area contributed by atoms with E-state index in [0.717, 1.165) is 0 Å². The van der Waals surface area contributed by atoms with Gasteiger partial charge in [-0.05, 0) is 24.1 Å². The van der Waals surface area contributed by atoms with Crippen LogP contribution in [-0.2, 0) is 19.1 Å². The van der Waals surface area contributed by atoms with Gasteiger partial charge in [0.25, 0.3) is 11.7 Å². The molecule has 1 amide bonds. The minimum atomic E-state index is -2.53. The molecular formula is C42H42N5O14+. The maximum atomic E-state index is 14.6. The number of nitrogens with one attached hydrogen (secondary N) is 3. The summed E-state index contributed by atoms with van der Waals surface area (Å²) in [5.74, 6) is -4.05. The van der Waals surface area contributed by atoms with E-state index in [0.29, 0.717) is 28.0 Å². The SMILES string of the molecule is N=C1N=C2C(=NC[NH+]2c2ccccc2C2C(CCO)=COCC3OC(Oc4c2cc2c(c4OCC(O)CC=O)C(=O)c4ccccc4C2=O)C(O)(CCO)C(O)C3O)C(=O)N1. The number of fused-ring (bicyclic) bond motifs is 6. The van der Waals surface area contributed by atoms with Crippen molar-refractivity contribution in [2.75, 3.05) is 33.1 Å². The summed E-state index contributed by atoms with van der Waals surface area (Å²) in [4.78, 5) is 62.7. The number of quaternary nitrogens is 1. The number of amides is 1. The molecule has 9 N–H and O–H groups in total. The van der Waals surface area contributed by atoms with Crippen LogP contribution in [0.15, 0.2) is 76.4 Å². The molecule has 1 aliphatic carbocycles. The second kappa shape index (κ2) is 16.8. The number of amidine groups is 1. The third-order valence-corrected chi connectivity index (χ3v) is 11.4. The van der Waals surface area contributed by atoms with Crippen molar-refractivity contribution in [2.45, 2.75) is 61.5 Å². The fourth-order valence-electron chi connectivity index (χ4n) is 8.38. The van der Waals surface area contributed by atoms with Crippen molar-refractivity contribution < 1.29 is 73.7 Å². The predicted molar refractivity (Wildman–Crippen MR) is 210 cm³/mol. The molecule has 4 heterocycles. The number of ketones is 2. The molecule has 1 fully saturated rings. The van der Waals surface area contributed by atoms with Crippen LogP contribution in [-0.4, -0.2) is 141 Å². The molecule has 19 heteroatoms. The van der Waals surface area contributed by atoms with Gasteiger partial charge in [-0.25, -0.2) is 9.89 Å². The van der Waals surface area contributed by atoms with E-state index < -0.39 is 104 Å². The van der Waals surface area contributed by atoms with Crippen LogP contribution in [0.2, 0.25) is 0 Å². The second-order valence-corrected chi connectivity index (χ2v) is 15.1. The number of nitrogens with zero attached hydrogens (tertiary/aromatic N) is 2. The number of hydrogen-bond donors (Lipinski definition) is 9. The number of aliphatic hydroxyl groups excluding tert-OH is 5. The van der Waals surface area contributed by atoms with Gasteiger partial charge in [0.05, 0.1) is 17.9 Å². The summed E-state index contributed by atoms with van der Waals surface area (Å²) >= 11 is 0. The molecule has 19 nitrogen and oxygen atoms in total. The molecule has 0 radical (unpaired) electrons. The van der Waals surface area contributed by atoms with Gasteiger partial charge in [0, 0.05) is 59.8 Å². The number of carbonyl (C=O) groups excluding carboxylic acids is 4. The minimum absolute atomic E-state index is 0.00700. The number of para-hydroxylation sites is 1. The van der Waals surface area contributed by atoms with Gasteiger partial charge in [-0.3, -0.25) is 25.1 Å². The van der Waals surface area contributed by atoms with Crippen molar-refractivity contribution in [3.05, 3.63) is 99.8 Å². The maximum Gasteiger partial charge on any atom is 0.284 e. The van der Waals surface area contributed by atoms with Crippen LogP contribution in [0.1, 0.15) is 68.2 Å². The molecule has 4 aliphatic heterocycles. The number of aldehydes is 1. The standard InChI is InChI=1S/C42H41N5O14/c43-41-45-38-31(39(56)46-41)44-19-47(38)27-8-4-3-7-24(27)29-20(9-12-48)16-58-18-28-34(54)37(55)42(57,11-14-50)40(60-28)61-35-26(29)15-25-30(36(35)59-17-21(51)10-13-49)33(53)23-6-2-1-5-22(23)32(25)52/h1-8,13,15-16,21,28-29,34,37,40,48,50-51,54-55,57H,9-12,14,17-19H2,(H2,43,46,56)/p+1. The van der Waals surface area contributed by atoms with E-state index in [1.807, 2.05) is 0 Å². The minimum Gasteiger partial charge on any atom is -0.498 e. The molecule has 8 atom stereocenters. The normalized spacial score (nSPS) is 27.3. The first-order valence-electron chi connectivity index (χ1n) is 19.5. The predicted octanol–water partition coefficient (Wildman–Crippen LogP) is -1.45. The summed E-state index contributed by atoms with van der Waals surface area (Å²) in [7, 11) is 0. The number of aliphatic imine (C=N–C) groups is 2. The Hall–Kier alpha value is -6.03. The zero-order valence-corrected chi connectivity index (χ0v) is 32.3. The van der Waals surface area contributed by atoms with Crippen LogP contribution >= 0.6 is 0 Å². The van der Waals surface area contributed by atoms with Crippen LogP contribution in [0.3, 0.4) is 0 Å². The molecule has 2 bridgehead atoms. The van der Waals surface area contributed by atoms with Crippen molar-refractivity contribution in [2.24, 2.45) is 9.98 Å². The molecule has 3 aromatic rings. The van der Waals surface area contributed by atoms with E-state index in [1.54, 1.807) is 36.4 Å². The third-order valence-electron chi connectivity index (χ3n) is 11.4. The Morgan fingerprint density at radius 3 is 2.49 bits per heavy atom. The Morgan fingerprint density at radius 1 is 1.02 bits per heavy atom. The molecule has 0 aromatic heterocycles. The highest BCUT2D eigenvalue weighted by Crippen LogP contribution is 2.51. The van der Waals surface area contributed by atoms with Crippen LogP contribution in [0.5, 0.6) is 11.5 Å². The van der Waals surface area contributed by atoms with E-state index in [4.69, 9.17) is 24.4 Å². The number of benzene rings is 3. The number of hydrogen-bond acceptors (Lipinski definition) is 16. The van der Waals surface area contributed by atoms with Crippen LogP contribution < -0.4 is 19.7 Å². The van der Waals surface area contributed by atoms with E-state index in [2.05, 4.69) is 15.3 Å². The van der Waals surface area contributed by atoms with Crippen LogP contribution in [0.25, 0.3) is 0 Å². The average Bonchev–Trinajstić information content (AvgIpc) is 3.66. The molecule has 8 rings (SSSR count). The summed E-state index contributed by atoms with van der Waals surface area (Å²) in [6.45, 7) is -2.24. The largest absolute Gasteiger partial charge is 0.498 e. The van der Waals surface area contributed by atoms with E-state index in [9.17, 15) is 49.8 Å². The van der Waals surface area contributed by atoms with Gasteiger partial charge in [0.15, 0.2) is 35.3 Å². The molecule has 8 unspecified atom stereocenters. The zero-order chi connectivity index (χ0) is 43.2. The molecule has 0 spiro atoms. The number of ether oxygens (including phenoxy) is 4. The molecule has 61 heavy (non-hydrogen) atoms. The molecule has 1 saturated heterocycles. The first kappa shape index (κ1) is 41.7. The highest BCUT2D eigenvalue weighted by molar-refractivity contribution is 6.68. The Labute approximate surface area is 346 Å². The van der Waals surface area contributed by atoms with Crippen LogP contribution in [0.4, 0.5) is 5.69 Å². The average molecular weight is 841 g/mol. The first-order valence-corrected chi connectivity index (χ1v) is 19.5. The Balaban J connectivity index is 1.45. The number of rotatable bonds is 11. The number of guanidine groups is 1. The Kier molecular flexibility index (Phi) is 11.5. The summed E-state index contributed by atoms with van der Waals surface area (Å²) < 4.78 is 25.0. The monoisotopic (exact) mass is 840 g/mol. The lowest BCUT2D eigenvalue weighted by Gasteiger charge is -2.47. The summed E-state index contributed by atoms with van der Waals surface area (Å²) in [6.07, 6.45) is -7.79. The lowest BCUT2D eigenvalue weighted by molar-refractivity contribution is -0.723. The van der Waals surface area contributed by atoms with E-state index >= 15 is 0 Å². The smallest absolute Gasteiger partial charge is 0.284 e. The lowest BCUT2D eigenvalue weighted by Crippen LogP contribution is -3.09. The summed E-state index contributed by atoms with van der Waals surface area (Å²) in [5.41, 5.74) is -1.60. The molecule has 3 aromatic carbocycles. The summed E-state index contributed by atoms with van der Waals surface area (Å²) in [6, 6.07) is 14.4. The van der Waals surface area contributed by atoms with Gasteiger partial charge < -0.3 is 54.4 Å². The molecule has 318 valence electrons. The number of aliphatic hydroxyl groups is 6.